The van der Waals surface area contributed by atoms with Gasteiger partial charge in [-0.3, -0.25) is 14.5 Å². The maximum Gasteiger partial charge on any atom is 0.306 e. The zero-order valence-corrected chi connectivity index (χ0v) is 34.3. The summed E-state index contributed by atoms with van der Waals surface area (Å²) in [5, 5.41) is 19.2. The third kappa shape index (κ3) is 38.4. The van der Waals surface area contributed by atoms with Crippen LogP contribution in [0.4, 0.5) is 0 Å². The summed E-state index contributed by atoms with van der Waals surface area (Å²) in [4.78, 5) is 26.8. The lowest BCUT2D eigenvalue weighted by atomic mass is 10.0. The minimum atomic E-state index is -1.31. The van der Waals surface area contributed by atoms with Crippen molar-refractivity contribution in [2.45, 2.75) is 245 Å². The molecule has 0 atom stereocenters. The number of aliphatic hydroxyl groups is 2. The summed E-state index contributed by atoms with van der Waals surface area (Å²) in [7, 11) is 0. The van der Waals surface area contributed by atoms with E-state index in [1.807, 2.05) is 0 Å². The van der Waals surface area contributed by atoms with Gasteiger partial charge in [-0.25, -0.2) is 0 Å². The number of unbranched alkanes of at least 4 members (excludes halogenated alkanes) is 24. The highest BCUT2D eigenvalue weighted by Crippen LogP contribution is 2.18. The van der Waals surface area contributed by atoms with Crippen molar-refractivity contribution in [2.75, 3.05) is 26.2 Å². The molecule has 0 saturated carbocycles. The molecular weight excluding hydrogens is 638 g/mol. The van der Waals surface area contributed by atoms with Gasteiger partial charge in [0.05, 0.1) is 6.61 Å². The minimum absolute atomic E-state index is 0.0150. The van der Waals surface area contributed by atoms with E-state index >= 15 is 0 Å². The summed E-state index contributed by atoms with van der Waals surface area (Å²) < 4.78 is 11.4. The molecule has 0 heterocycles. The fourth-order valence-corrected chi connectivity index (χ4v) is 6.92. The normalized spacial score (nSPS) is 11.7. The van der Waals surface area contributed by atoms with Crippen molar-refractivity contribution in [3.8, 4) is 0 Å². The molecule has 0 rings (SSSR count). The SMILES string of the molecule is CCCCCCCCCOC(=O)CCCCCCCN(CCCCCCCC(=O)OC(CCCCCCCC)CCCCCCCC)CC(O)O. The third-order valence-corrected chi connectivity index (χ3v) is 10.2. The maximum atomic E-state index is 12.7. The highest BCUT2D eigenvalue weighted by Gasteiger charge is 2.15. The molecule has 0 saturated heterocycles. The van der Waals surface area contributed by atoms with Crippen molar-refractivity contribution < 1.29 is 29.3 Å². The van der Waals surface area contributed by atoms with E-state index in [9.17, 15) is 19.8 Å². The lowest BCUT2D eigenvalue weighted by Crippen LogP contribution is -2.34. The van der Waals surface area contributed by atoms with Crippen LogP contribution in [0.15, 0.2) is 0 Å². The molecule has 2 N–H and O–H groups in total. The van der Waals surface area contributed by atoms with Gasteiger partial charge in [0.1, 0.15) is 6.10 Å². The van der Waals surface area contributed by atoms with Crippen molar-refractivity contribution in [1.29, 1.82) is 0 Å². The van der Waals surface area contributed by atoms with E-state index in [-0.39, 0.29) is 24.6 Å². The van der Waals surface area contributed by atoms with E-state index in [1.54, 1.807) is 0 Å². The summed E-state index contributed by atoms with van der Waals surface area (Å²) in [5.41, 5.74) is 0. The minimum Gasteiger partial charge on any atom is -0.466 e. The molecule has 0 fully saturated rings. The summed E-state index contributed by atoms with van der Waals surface area (Å²) in [6.45, 7) is 9.31. The molecule has 7 heteroatoms. The van der Waals surface area contributed by atoms with Crippen LogP contribution in [0, 0.1) is 0 Å². The molecule has 0 spiro atoms. The van der Waals surface area contributed by atoms with E-state index in [2.05, 4.69) is 25.7 Å². The molecule has 0 radical (unpaired) electrons. The zero-order valence-electron chi connectivity index (χ0n) is 34.3. The van der Waals surface area contributed by atoms with Crippen LogP contribution in [-0.4, -0.2) is 65.7 Å². The van der Waals surface area contributed by atoms with Gasteiger partial charge in [0.25, 0.3) is 0 Å². The number of nitrogens with zero attached hydrogens (tertiary/aromatic N) is 1. The van der Waals surface area contributed by atoms with Crippen molar-refractivity contribution in [3.63, 3.8) is 0 Å². The lowest BCUT2D eigenvalue weighted by molar-refractivity contribution is -0.150. The Bertz CT molecular complexity index is 716. The predicted molar refractivity (Wildman–Crippen MR) is 215 cm³/mol. The van der Waals surface area contributed by atoms with Crippen LogP contribution in [0.1, 0.15) is 233 Å². The Hall–Kier alpha value is -1.18. The average molecular weight is 726 g/mol. The van der Waals surface area contributed by atoms with Gasteiger partial charge in [-0.2, -0.15) is 0 Å². The van der Waals surface area contributed by atoms with Gasteiger partial charge in [0, 0.05) is 19.4 Å². The van der Waals surface area contributed by atoms with E-state index in [0.717, 1.165) is 103 Å². The highest BCUT2D eigenvalue weighted by atomic mass is 16.5. The van der Waals surface area contributed by atoms with Crippen molar-refractivity contribution >= 4 is 11.9 Å². The first-order valence-corrected chi connectivity index (χ1v) is 22.4. The molecule has 51 heavy (non-hydrogen) atoms. The van der Waals surface area contributed by atoms with E-state index in [1.165, 1.54) is 109 Å². The van der Waals surface area contributed by atoms with Gasteiger partial charge >= 0.3 is 11.9 Å². The quantitative estimate of drug-likeness (QED) is 0.0368. The predicted octanol–water partition coefficient (Wildman–Crippen LogP) is 12.0. The van der Waals surface area contributed by atoms with Crippen LogP contribution in [0.2, 0.25) is 0 Å². The van der Waals surface area contributed by atoms with Crippen LogP contribution in [-0.2, 0) is 19.1 Å². The molecular formula is C44H87NO6. The Balaban J connectivity index is 4.03. The van der Waals surface area contributed by atoms with Gasteiger partial charge in [-0.05, 0) is 70.9 Å². The molecule has 0 aromatic rings. The second-order valence-electron chi connectivity index (χ2n) is 15.4. The summed E-state index contributed by atoms with van der Waals surface area (Å²) in [6.07, 6.45) is 35.9. The van der Waals surface area contributed by atoms with Gasteiger partial charge in [0.15, 0.2) is 6.29 Å². The zero-order chi connectivity index (χ0) is 37.5. The number of carbonyl (C=O) groups excluding carboxylic acids is 2. The van der Waals surface area contributed by atoms with E-state index in [4.69, 9.17) is 9.47 Å². The van der Waals surface area contributed by atoms with Crippen LogP contribution in [0.25, 0.3) is 0 Å². The monoisotopic (exact) mass is 726 g/mol. The van der Waals surface area contributed by atoms with Crippen molar-refractivity contribution in [1.82, 2.24) is 4.90 Å². The molecule has 0 unspecified atom stereocenters. The third-order valence-electron chi connectivity index (χ3n) is 10.2. The Morgan fingerprint density at radius 3 is 1.29 bits per heavy atom. The van der Waals surface area contributed by atoms with Gasteiger partial charge < -0.3 is 19.7 Å². The molecule has 0 amide bonds. The molecule has 7 nitrogen and oxygen atoms in total. The Labute approximate surface area is 316 Å². The van der Waals surface area contributed by atoms with Gasteiger partial charge in [0.2, 0.25) is 0 Å². The van der Waals surface area contributed by atoms with Crippen molar-refractivity contribution in [2.24, 2.45) is 0 Å². The van der Waals surface area contributed by atoms with Gasteiger partial charge in [-0.15, -0.1) is 0 Å². The number of rotatable bonds is 41. The lowest BCUT2D eigenvalue weighted by Gasteiger charge is -2.23. The fraction of sp³-hybridized carbons (Fsp3) is 0.955. The Morgan fingerprint density at radius 2 is 0.843 bits per heavy atom. The Kier molecular flexibility index (Phi) is 39.1. The molecule has 0 aliphatic carbocycles. The van der Waals surface area contributed by atoms with Crippen LogP contribution < -0.4 is 0 Å². The topological polar surface area (TPSA) is 96.3 Å². The van der Waals surface area contributed by atoms with Crippen LogP contribution in [0.3, 0.4) is 0 Å². The largest absolute Gasteiger partial charge is 0.466 e. The first kappa shape index (κ1) is 49.8. The Morgan fingerprint density at radius 1 is 0.471 bits per heavy atom. The smallest absolute Gasteiger partial charge is 0.306 e. The molecule has 304 valence electrons. The highest BCUT2D eigenvalue weighted by molar-refractivity contribution is 5.69. The van der Waals surface area contributed by atoms with E-state index < -0.39 is 6.29 Å². The first-order chi connectivity index (χ1) is 24.9. The maximum absolute atomic E-state index is 12.7. The second-order valence-corrected chi connectivity index (χ2v) is 15.4. The molecule has 0 aliphatic rings. The standard InChI is InChI=1S/C44H87NO6/c1-4-7-10-13-16-25-32-39-50-43(48)35-28-21-17-23-30-37-45(40-42(46)47)38-31-24-18-22-29-36-44(49)51-41(33-26-19-14-11-8-5-2)34-27-20-15-12-9-6-3/h41-42,46-47H,4-40H2,1-3H3. The number of ether oxygens (including phenoxy) is 2. The summed E-state index contributed by atoms with van der Waals surface area (Å²) in [5.74, 6) is -0.0749. The average Bonchev–Trinajstić information content (AvgIpc) is 3.10. The van der Waals surface area contributed by atoms with Crippen LogP contribution in [0.5, 0.6) is 0 Å². The number of hydrogen-bond acceptors (Lipinski definition) is 7. The number of esters is 2. The molecule has 0 bridgehead atoms. The summed E-state index contributed by atoms with van der Waals surface area (Å²) in [6, 6.07) is 0. The molecule has 0 aromatic carbocycles. The van der Waals surface area contributed by atoms with Crippen molar-refractivity contribution in [3.05, 3.63) is 0 Å². The fourth-order valence-electron chi connectivity index (χ4n) is 6.92. The van der Waals surface area contributed by atoms with Crippen LogP contribution >= 0.6 is 0 Å². The van der Waals surface area contributed by atoms with Gasteiger partial charge in [-0.1, -0.05) is 162 Å². The number of hydrogen-bond donors (Lipinski definition) is 2. The summed E-state index contributed by atoms with van der Waals surface area (Å²) >= 11 is 0. The molecule has 0 aromatic heterocycles. The molecule has 0 aliphatic heterocycles. The van der Waals surface area contributed by atoms with E-state index in [0.29, 0.717) is 19.4 Å². The first-order valence-electron chi connectivity index (χ1n) is 22.4. The number of aliphatic hydroxyl groups excluding tert-OH is 1. The number of carbonyl (C=O) groups is 2. The second kappa shape index (κ2) is 40.0.